The summed E-state index contributed by atoms with van der Waals surface area (Å²) in [5.74, 6) is -2.68. The summed E-state index contributed by atoms with van der Waals surface area (Å²) in [6.45, 7) is -0.0949. The number of ether oxygens (including phenoxy) is 1. The molecule has 2 aromatic carbocycles. The van der Waals surface area contributed by atoms with Gasteiger partial charge in [-0.2, -0.15) is 0 Å². The van der Waals surface area contributed by atoms with Crippen LogP contribution in [0.15, 0.2) is 48.5 Å². The summed E-state index contributed by atoms with van der Waals surface area (Å²) >= 11 is 0. The Bertz CT molecular complexity index is 836. The second kappa shape index (κ2) is 6.56. The van der Waals surface area contributed by atoms with E-state index in [4.69, 9.17) is 4.74 Å². The van der Waals surface area contributed by atoms with E-state index in [0.717, 1.165) is 4.90 Å². The Morgan fingerprint density at radius 1 is 0.920 bits per heavy atom. The van der Waals surface area contributed by atoms with Gasteiger partial charge in [0.05, 0.1) is 23.5 Å². The number of carboxylic acids is 1. The summed E-state index contributed by atoms with van der Waals surface area (Å²) in [5.41, 5.74) is 0.600. The highest BCUT2D eigenvalue weighted by molar-refractivity contribution is 6.21. The van der Waals surface area contributed by atoms with Gasteiger partial charge >= 0.3 is 5.97 Å². The van der Waals surface area contributed by atoms with Crippen molar-refractivity contribution in [3.05, 3.63) is 65.2 Å². The molecule has 1 aliphatic rings. The van der Waals surface area contributed by atoms with E-state index in [1.165, 1.54) is 24.3 Å². The smallest absolute Gasteiger partial charge is 0.312 e. The Morgan fingerprint density at radius 2 is 1.48 bits per heavy atom. The van der Waals surface area contributed by atoms with E-state index in [1.807, 2.05) is 0 Å². The summed E-state index contributed by atoms with van der Waals surface area (Å²) in [7, 11) is 0. The van der Waals surface area contributed by atoms with Crippen LogP contribution in [0.5, 0.6) is 5.75 Å². The molecule has 1 aliphatic heterocycles. The number of hydrogen-bond acceptors (Lipinski definition) is 6. The number of esters is 1. The summed E-state index contributed by atoms with van der Waals surface area (Å²) in [4.78, 5) is 47.9. The molecule has 2 amide bonds. The molecule has 0 spiro atoms. The zero-order valence-electron chi connectivity index (χ0n) is 12.9. The fourth-order valence-electron chi connectivity index (χ4n) is 2.49. The van der Waals surface area contributed by atoms with Crippen molar-refractivity contribution < 1.29 is 29.0 Å². The summed E-state index contributed by atoms with van der Waals surface area (Å²) in [6.07, 6.45) is -0.173. The first-order chi connectivity index (χ1) is 12.0. The van der Waals surface area contributed by atoms with E-state index in [9.17, 15) is 24.3 Å². The van der Waals surface area contributed by atoms with Crippen molar-refractivity contribution in [3.63, 3.8) is 0 Å². The summed E-state index contributed by atoms with van der Waals surface area (Å²) < 4.78 is 5.05. The molecule has 0 unspecified atom stereocenters. The predicted molar refractivity (Wildman–Crippen MR) is 82.8 cm³/mol. The van der Waals surface area contributed by atoms with Crippen LogP contribution < -0.4 is 9.84 Å². The van der Waals surface area contributed by atoms with Crippen LogP contribution in [0.3, 0.4) is 0 Å². The molecule has 0 saturated carbocycles. The molecule has 1 heterocycles. The minimum Gasteiger partial charge on any atom is -0.545 e. The average Bonchev–Trinajstić information content (AvgIpc) is 2.85. The van der Waals surface area contributed by atoms with Gasteiger partial charge < -0.3 is 14.6 Å². The fourth-order valence-corrected chi connectivity index (χ4v) is 2.49. The maximum absolute atomic E-state index is 12.2. The molecule has 2 aromatic rings. The molecule has 0 bridgehead atoms. The molecule has 0 atom stereocenters. The number of rotatable bonds is 5. The van der Waals surface area contributed by atoms with E-state index < -0.39 is 23.8 Å². The van der Waals surface area contributed by atoms with E-state index in [-0.39, 0.29) is 24.3 Å². The van der Waals surface area contributed by atoms with Crippen molar-refractivity contribution in [3.8, 4) is 5.75 Å². The first kappa shape index (κ1) is 16.4. The maximum Gasteiger partial charge on any atom is 0.312 e. The standard InChI is InChI=1S/C18H13NO6/c20-15(25-12-7-5-11(6-8-12)18(23)24)9-10-19-16(21)13-3-1-2-4-14(13)17(19)22/h1-8H,9-10H2,(H,23,24)/p-1. The van der Waals surface area contributed by atoms with Gasteiger partial charge in [0.1, 0.15) is 5.75 Å². The van der Waals surface area contributed by atoms with Crippen molar-refractivity contribution in [2.75, 3.05) is 6.54 Å². The van der Waals surface area contributed by atoms with Gasteiger partial charge in [-0.1, -0.05) is 12.1 Å². The van der Waals surface area contributed by atoms with Crippen molar-refractivity contribution in [2.45, 2.75) is 6.42 Å². The average molecular weight is 338 g/mol. The molecule has 25 heavy (non-hydrogen) atoms. The Labute approximate surface area is 142 Å². The van der Waals surface area contributed by atoms with E-state index in [1.54, 1.807) is 24.3 Å². The van der Waals surface area contributed by atoms with Crippen LogP contribution in [-0.4, -0.2) is 35.2 Å². The van der Waals surface area contributed by atoms with E-state index >= 15 is 0 Å². The number of carboxylic acid groups (broad SMARTS) is 1. The lowest BCUT2D eigenvalue weighted by molar-refractivity contribution is -0.255. The minimum absolute atomic E-state index is 0.0363. The van der Waals surface area contributed by atoms with Crippen LogP contribution in [0.4, 0.5) is 0 Å². The Hall–Kier alpha value is -3.48. The van der Waals surface area contributed by atoms with Gasteiger partial charge in [-0.15, -0.1) is 0 Å². The lowest BCUT2D eigenvalue weighted by Gasteiger charge is -2.13. The van der Waals surface area contributed by atoms with Gasteiger partial charge in [0.2, 0.25) is 0 Å². The van der Waals surface area contributed by atoms with Gasteiger partial charge in [-0.3, -0.25) is 19.3 Å². The van der Waals surface area contributed by atoms with Crippen molar-refractivity contribution in [2.24, 2.45) is 0 Å². The van der Waals surface area contributed by atoms with Crippen molar-refractivity contribution >= 4 is 23.8 Å². The highest BCUT2D eigenvalue weighted by Gasteiger charge is 2.35. The lowest BCUT2D eigenvalue weighted by atomic mass is 10.1. The molecule has 0 radical (unpaired) electrons. The number of carbonyl (C=O) groups is 4. The van der Waals surface area contributed by atoms with E-state index in [0.29, 0.717) is 11.1 Å². The molecule has 0 aliphatic carbocycles. The van der Waals surface area contributed by atoms with Gasteiger partial charge in [-0.25, -0.2) is 0 Å². The van der Waals surface area contributed by atoms with Crippen LogP contribution in [0, 0.1) is 0 Å². The Morgan fingerprint density at radius 3 is 2.00 bits per heavy atom. The summed E-state index contributed by atoms with van der Waals surface area (Å²) in [6, 6.07) is 11.6. The van der Waals surface area contributed by atoms with Crippen LogP contribution in [-0.2, 0) is 4.79 Å². The molecule has 0 saturated heterocycles. The molecular weight excluding hydrogens is 326 g/mol. The van der Waals surface area contributed by atoms with Crippen LogP contribution in [0.2, 0.25) is 0 Å². The normalized spacial score (nSPS) is 12.9. The second-order valence-electron chi connectivity index (χ2n) is 5.34. The van der Waals surface area contributed by atoms with Crippen molar-refractivity contribution in [1.82, 2.24) is 4.90 Å². The number of amides is 2. The van der Waals surface area contributed by atoms with Crippen LogP contribution in [0.1, 0.15) is 37.5 Å². The highest BCUT2D eigenvalue weighted by atomic mass is 16.5. The number of hydrogen-bond donors (Lipinski definition) is 0. The van der Waals surface area contributed by atoms with E-state index in [2.05, 4.69) is 0 Å². The van der Waals surface area contributed by atoms with Crippen molar-refractivity contribution in [1.29, 1.82) is 0 Å². The molecular formula is C18H12NO6-. The third-order valence-corrected chi connectivity index (χ3v) is 3.74. The Balaban J connectivity index is 1.59. The number of nitrogens with zero attached hydrogens (tertiary/aromatic N) is 1. The molecule has 0 N–H and O–H groups in total. The zero-order valence-corrected chi connectivity index (χ0v) is 12.9. The predicted octanol–water partition coefficient (Wildman–Crippen LogP) is 0.642. The van der Waals surface area contributed by atoms with Gasteiger partial charge in [0.25, 0.3) is 11.8 Å². The first-order valence-corrected chi connectivity index (χ1v) is 7.44. The third-order valence-electron chi connectivity index (χ3n) is 3.74. The van der Waals surface area contributed by atoms with Gasteiger partial charge in [0.15, 0.2) is 0 Å². The van der Waals surface area contributed by atoms with Gasteiger partial charge in [0, 0.05) is 6.54 Å². The molecule has 126 valence electrons. The number of carbonyl (C=O) groups excluding carboxylic acids is 4. The third kappa shape index (κ3) is 3.25. The molecule has 0 aromatic heterocycles. The van der Waals surface area contributed by atoms with Crippen LogP contribution >= 0.6 is 0 Å². The maximum atomic E-state index is 12.2. The largest absolute Gasteiger partial charge is 0.545 e. The summed E-state index contributed by atoms with van der Waals surface area (Å²) in [5, 5.41) is 10.7. The molecule has 0 fully saturated rings. The molecule has 7 heteroatoms. The number of fused-ring (bicyclic) bond motifs is 1. The van der Waals surface area contributed by atoms with Crippen LogP contribution in [0.25, 0.3) is 0 Å². The lowest BCUT2D eigenvalue weighted by Crippen LogP contribution is -2.32. The van der Waals surface area contributed by atoms with Gasteiger partial charge in [-0.05, 0) is 42.0 Å². The SMILES string of the molecule is O=C(CCN1C(=O)c2ccccc2C1=O)Oc1ccc(C(=O)[O-])cc1. The Kier molecular flexibility index (Phi) is 4.30. The topological polar surface area (TPSA) is 104 Å². The number of benzene rings is 2. The molecule has 7 nitrogen and oxygen atoms in total. The zero-order chi connectivity index (χ0) is 18.0. The fraction of sp³-hybridized carbons (Fsp3) is 0.111. The first-order valence-electron chi connectivity index (χ1n) is 7.44. The number of imide groups is 1. The highest BCUT2D eigenvalue weighted by Crippen LogP contribution is 2.22. The molecule has 3 rings (SSSR count). The monoisotopic (exact) mass is 338 g/mol. The number of aromatic carboxylic acids is 1. The second-order valence-corrected chi connectivity index (χ2v) is 5.34. The minimum atomic E-state index is -1.33. The quantitative estimate of drug-likeness (QED) is 0.450.